The lowest BCUT2D eigenvalue weighted by molar-refractivity contribution is -0.139. The molecule has 1 aromatic rings. The number of carbonyl (C=O) groups is 2. The molecule has 2 N–H and O–H groups in total. The highest BCUT2D eigenvalue weighted by atomic mass is 16.3. The summed E-state index contributed by atoms with van der Waals surface area (Å²) in [7, 11) is 0. The van der Waals surface area contributed by atoms with Crippen molar-refractivity contribution in [3.8, 4) is 0 Å². The summed E-state index contributed by atoms with van der Waals surface area (Å²) in [6.07, 6.45) is 14.1. The van der Waals surface area contributed by atoms with E-state index in [4.69, 9.17) is 4.42 Å². The molecule has 1 rings (SSSR count). The monoisotopic (exact) mass is 336 g/mol. The zero-order valence-corrected chi connectivity index (χ0v) is 14.9. The van der Waals surface area contributed by atoms with Gasteiger partial charge in [0, 0.05) is 6.54 Å². The first-order valence-corrected chi connectivity index (χ1v) is 9.32. The van der Waals surface area contributed by atoms with Gasteiger partial charge < -0.3 is 15.1 Å². The van der Waals surface area contributed by atoms with E-state index in [2.05, 4.69) is 17.6 Å². The maximum atomic E-state index is 11.6. The van der Waals surface area contributed by atoms with E-state index in [0.717, 1.165) is 12.8 Å². The molecule has 0 spiro atoms. The Balaban J connectivity index is 1.89. The largest absolute Gasteiger partial charge is 0.467 e. The molecule has 0 unspecified atom stereocenters. The predicted octanol–water partition coefficient (Wildman–Crippen LogP) is 3.93. The summed E-state index contributed by atoms with van der Waals surface area (Å²) in [5.74, 6) is -0.554. The van der Waals surface area contributed by atoms with Crippen LogP contribution in [0.4, 0.5) is 0 Å². The third kappa shape index (κ3) is 10.1. The van der Waals surface area contributed by atoms with Gasteiger partial charge in [-0.15, -0.1) is 0 Å². The summed E-state index contributed by atoms with van der Waals surface area (Å²) < 4.78 is 5.09. The number of nitrogens with one attached hydrogen (secondary N) is 2. The second kappa shape index (κ2) is 13.6. The molecule has 0 aromatic carbocycles. The standard InChI is InChI=1S/C19H32N2O3/c1-2-3-4-5-6-7-8-9-10-11-14-20-18(22)19(23)21-16-17-13-12-15-24-17/h12-13,15H,2-11,14,16H2,1H3,(H,20,22)(H,21,23). The number of unbranched alkanes of at least 4 members (excludes halogenated alkanes) is 9. The smallest absolute Gasteiger partial charge is 0.309 e. The van der Waals surface area contributed by atoms with Crippen molar-refractivity contribution in [2.75, 3.05) is 6.54 Å². The van der Waals surface area contributed by atoms with Gasteiger partial charge in [0.15, 0.2) is 0 Å². The lowest BCUT2D eigenvalue weighted by Gasteiger charge is -2.06. The summed E-state index contributed by atoms with van der Waals surface area (Å²) in [6.45, 7) is 3.03. The van der Waals surface area contributed by atoms with E-state index in [1.807, 2.05) is 0 Å². The summed E-state index contributed by atoms with van der Waals surface area (Å²) in [5.41, 5.74) is 0. The molecular formula is C19H32N2O3. The molecular weight excluding hydrogens is 304 g/mol. The Bertz CT molecular complexity index is 443. The van der Waals surface area contributed by atoms with Crippen molar-refractivity contribution in [2.24, 2.45) is 0 Å². The fourth-order valence-corrected chi connectivity index (χ4v) is 2.56. The van der Waals surface area contributed by atoms with Crippen LogP contribution in [0.5, 0.6) is 0 Å². The number of amides is 2. The van der Waals surface area contributed by atoms with Crippen LogP contribution in [0.25, 0.3) is 0 Å². The van der Waals surface area contributed by atoms with E-state index in [1.165, 1.54) is 57.6 Å². The number of furan rings is 1. The number of hydrogen-bond donors (Lipinski definition) is 2. The molecule has 0 atom stereocenters. The van der Waals surface area contributed by atoms with Crippen molar-refractivity contribution < 1.29 is 14.0 Å². The van der Waals surface area contributed by atoms with Gasteiger partial charge in [-0.2, -0.15) is 0 Å². The molecule has 5 heteroatoms. The Morgan fingerprint density at radius 3 is 2.04 bits per heavy atom. The predicted molar refractivity (Wildman–Crippen MR) is 95.4 cm³/mol. The Morgan fingerprint density at radius 2 is 1.46 bits per heavy atom. The average molecular weight is 336 g/mol. The Labute approximate surface area is 145 Å². The Kier molecular flexibility index (Phi) is 11.5. The van der Waals surface area contributed by atoms with E-state index in [1.54, 1.807) is 12.1 Å². The summed E-state index contributed by atoms with van der Waals surface area (Å²) in [6, 6.07) is 3.49. The molecule has 0 aliphatic carbocycles. The van der Waals surface area contributed by atoms with Crippen molar-refractivity contribution in [3.63, 3.8) is 0 Å². The molecule has 0 radical (unpaired) electrons. The molecule has 0 fully saturated rings. The van der Waals surface area contributed by atoms with E-state index < -0.39 is 11.8 Å². The van der Waals surface area contributed by atoms with Gasteiger partial charge in [-0.1, -0.05) is 64.7 Å². The highest BCUT2D eigenvalue weighted by Crippen LogP contribution is 2.10. The van der Waals surface area contributed by atoms with Crippen LogP contribution in [-0.2, 0) is 16.1 Å². The second-order valence-electron chi connectivity index (χ2n) is 6.20. The van der Waals surface area contributed by atoms with Gasteiger partial charge in [0.1, 0.15) is 5.76 Å². The molecule has 1 heterocycles. The van der Waals surface area contributed by atoms with Crippen LogP contribution >= 0.6 is 0 Å². The fourth-order valence-electron chi connectivity index (χ4n) is 2.56. The molecule has 0 aliphatic rings. The molecule has 5 nitrogen and oxygen atoms in total. The molecule has 1 aromatic heterocycles. The van der Waals surface area contributed by atoms with E-state index in [9.17, 15) is 9.59 Å². The number of hydrogen-bond acceptors (Lipinski definition) is 3. The zero-order valence-electron chi connectivity index (χ0n) is 14.9. The van der Waals surface area contributed by atoms with Crippen molar-refractivity contribution in [1.82, 2.24) is 10.6 Å². The van der Waals surface area contributed by atoms with E-state index in [-0.39, 0.29) is 6.54 Å². The first kappa shape index (κ1) is 20.3. The average Bonchev–Trinajstić information content (AvgIpc) is 3.10. The highest BCUT2D eigenvalue weighted by Gasteiger charge is 2.12. The quantitative estimate of drug-likeness (QED) is 0.423. The van der Waals surface area contributed by atoms with Gasteiger partial charge in [0.05, 0.1) is 12.8 Å². The van der Waals surface area contributed by atoms with E-state index >= 15 is 0 Å². The van der Waals surface area contributed by atoms with Gasteiger partial charge in [-0.25, -0.2) is 0 Å². The summed E-state index contributed by atoms with van der Waals surface area (Å²) in [4.78, 5) is 23.2. The van der Waals surface area contributed by atoms with Crippen molar-refractivity contribution in [2.45, 2.75) is 77.7 Å². The molecule has 0 saturated carbocycles. The van der Waals surface area contributed by atoms with Crippen LogP contribution < -0.4 is 10.6 Å². The molecule has 0 saturated heterocycles. The van der Waals surface area contributed by atoms with Crippen LogP contribution in [0.3, 0.4) is 0 Å². The number of carbonyl (C=O) groups excluding carboxylic acids is 2. The first-order valence-electron chi connectivity index (χ1n) is 9.32. The van der Waals surface area contributed by atoms with Crippen LogP contribution in [0.2, 0.25) is 0 Å². The van der Waals surface area contributed by atoms with Gasteiger partial charge >= 0.3 is 11.8 Å². The van der Waals surface area contributed by atoms with Crippen molar-refractivity contribution >= 4 is 11.8 Å². The summed E-state index contributed by atoms with van der Waals surface area (Å²) >= 11 is 0. The van der Waals surface area contributed by atoms with Crippen molar-refractivity contribution in [3.05, 3.63) is 24.2 Å². The normalized spacial score (nSPS) is 10.5. The van der Waals surface area contributed by atoms with Crippen LogP contribution in [-0.4, -0.2) is 18.4 Å². The maximum Gasteiger partial charge on any atom is 0.309 e. The van der Waals surface area contributed by atoms with Crippen molar-refractivity contribution in [1.29, 1.82) is 0 Å². The van der Waals surface area contributed by atoms with Crippen LogP contribution in [0.1, 0.15) is 76.9 Å². The Morgan fingerprint density at radius 1 is 0.875 bits per heavy atom. The molecule has 2 amide bonds. The molecule has 0 aliphatic heterocycles. The van der Waals surface area contributed by atoms with Crippen LogP contribution in [0.15, 0.2) is 22.8 Å². The summed E-state index contributed by atoms with van der Waals surface area (Å²) in [5, 5.41) is 5.19. The fraction of sp³-hybridized carbons (Fsp3) is 0.684. The topological polar surface area (TPSA) is 71.3 Å². The third-order valence-corrected chi connectivity index (χ3v) is 4.03. The van der Waals surface area contributed by atoms with E-state index in [0.29, 0.717) is 12.3 Å². The van der Waals surface area contributed by atoms with Gasteiger partial charge in [0.25, 0.3) is 0 Å². The minimum atomic E-state index is -0.613. The first-order chi connectivity index (χ1) is 11.7. The van der Waals surface area contributed by atoms with Gasteiger partial charge in [-0.3, -0.25) is 9.59 Å². The molecule has 136 valence electrons. The lowest BCUT2D eigenvalue weighted by atomic mass is 10.1. The molecule has 0 bridgehead atoms. The minimum absolute atomic E-state index is 0.234. The third-order valence-electron chi connectivity index (χ3n) is 4.03. The van der Waals surface area contributed by atoms with Crippen LogP contribution in [0, 0.1) is 0 Å². The maximum absolute atomic E-state index is 11.6. The number of rotatable bonds is 13. The minimum Gasteiger partial charge on any atom is -0.467 e. The Hall–Kier alpha value is -1.78. The molecule has 24 heavy (non-hydrogen) atoms. The van der Waals surface area contributed by atoms with Gasteiger partial charge in [0.2, 0.25) is 0 Å². The van der Waals surface area contributed by atoms with Gasteiger partial charge in [-0.05, 0) is 18.6 Å². The second-order valence-corrected chi connectivity index (χ2v) is 6.20. The lowest BCUT2D eigenvalue weighted by Crippen LogP contribution is -2.39. The SMILES string of the molecule is CCCCCCCCCCCCNC(=O)C(=O)NCc1ccco1. The zero-order chi connectivity index (χ0) is 17.5. The highest BCUT2D eigenvalue weighted by molar-refractivity contribution is 6.35.